The van der Waals surface area contributed by atoms with Gasteiger partial charge in [0, 0.05) is 16.2 Å². The molecule has 2 N–H and O–H groups in total. The average Bonchev–Trinajstić information content (AvgIpc) is 3.20. The lowest BCUT2D eigenvalue weighted by Crippen LogP contribution is -2.41. The van der Waals surface area contributed by atoms with Crippen LogP contribution in [0, 0.1) is 5.92 Å². The maximum absolute atomic E-state index is 12.6. The molecule has 0 spiro atoms. The molecule has 1 amide bonds. The first kappa shape index (κ1) is 21.9. The van der Waals surface area contributed by atoms with Crippen molar-refractivity contribution in [3.63, 3.8) is 0 Å². The standard InChI is InChI=1S/C23H25BrN4O2S/c1-15-7-5-6-10-19(15)25-21(30)14-31-23-27-26-22(18-13-16(24)11-12-20(18)29)28(23)17-8-3-2-4-9-17/h2-4,8-9,11-13,15,19,29H,5-7,10,14H2,1H3,(H,25,30)/t15-,19+/m0/s1. The number of phenolic OH excluding ortho intramolecular Hbond substituents is 1. The number of hydrogen-bond donors (Lipinski definition) is 2. The summed E-state index contributed by atoms with van der Waals surface area (Å²) in [5.74, 6) is 1.43. The lowest BCUT2D eigenvalue weighted by molar-refractivity contribution is -0.119. The van der Waals surface area contributed by atoms with Crippen molar-refractivity contribution in [3.05, 3.63) is 53.0 Å². The molecule has 1 aromatic heterocycles. The van der Waals surface area contributed by atoms with Gasteiger partial charge in [0.1, 0.15) is 5.75 Å². The third kappa shape index (κ3) is 5.13. The third-order valence-electron chi connectivity index (χ3n) is 5.64. The van der Waals surface area contributed by atoms with E-state index < -0.39 is 0 Å². The van der Waals surface area contributed by atoms with Gasteiger partial charge in [0.05, 0.1) is 11.3 Å². The van der Waals surface area contributed by atoms with Crippen molar-refractivity contribution in [2.24, 2.45) is 5.92 Å². The van der Waals surface area contributed by atoms with Gasteiger partial charge in [0.15, 0.2) is 11.0 Å². The number of aromatic nitrogens is 3. The molecule has 0 radical (unpaired) electrons. The fourth-order valence-electron chi connectivity index (χ4n) is 3.94. The number of benzene rings is 2. The topological polar surface area (TPSA) is 80.0 Å². The summed E-state index contributed by atoms with van der Waals surface area (Å²) >= 11 is 4.81. The number of para-hydroxylation sites is 1. The minimum atomic E-state index is 0.0122. The normalized spacial score (nSPS) is 18.6. The van der Waals surface area contributed by atoms with Gasteiger partial charge in [-0.1, -0.05) is 65.7 Å². The second-order valence-corrected chi connectivity index (χ2v) is 9.72. The molecule has 162 valence electrons. The molecule has 0 saturated heterocycles. The highest BCUT2D eigenvalue weighted by molar-refractivity contribution is 9.10. The summed E-state index contributed by atoms with van der Waals surface area (Å²) in [6.45, 7) is 2.21. The summed E-state index contributed by atoms with van der Waals surface area (Å²) in [6, 6.07) is 15.2. The van der Waals surface area contributed by atoms with Gasteiger partial charge in [-0.25, -0.2) is 0 Å². The molecule has 1 saturated carbocycles. The van der Waals surface area contributed by atoms with Crippen molar-refractivity contribution in [1.82, 2.24) is 20.1 Å². The molecule has 2 aromatic carbocycles. The van der Waals surface area contributed by atoms with Crippen LogP contribution in [0.5, 0.6) is 5.75 Å². The summed E-state index contributed by atoms with van der Waals surface area (Å²) in [6.07, 6.45) is 4.63. The first-order valence-corrected chi connectivity index (χ1v) is 12.2. The minimum Gasteiger partial charge on any atom is -0.507 e. The van der Waals surface area contributed by atoms with Crippen LogP contribution in [0.2, 0.25) is 0 Å². The number of amides is 1. The molecule has 8 heteroatoms. The predicted octanol–water partition coefficient (Wildman–Crippen LogP) is 5.19. The first-order chi connectivity index (χ1) is 15.0. The number of thioether (sulfide) groups is 1. The monoisotopic (exact) mass is 500 g/mol. The van der Waals surface area contributed by atoms with Crippen LogP contribution in [0.25, 0.3) is 17.1 Å². The number of nitrogens with zero attached hydrogens (tertiary/aromatic N) is 3. The zero-order valence-electron chi connectivity index (χ0n) is 17.3. The molecule has 0 bridgehead atoms. The highest BCUT2D eigenvalue weighted by Gasteiger charge is 2.24. The highest BCUT2D eigenvalue weighted by Crippen LogP contribution is 2.34. The number of hydrogen-bond acceptors (Lipinski definition) is 5. The molecule has 2 atom stereocenters. The van der Waals surface area contributed by atoms with E-state index in [0.717, 1.165) is 16.6 Å². The van der Waals surface area contributed by atoms with Crippen molar-refractivity contribution in [2.45, 2.75) is 43.8 Å². The van der Waals surface area contributed by atoms with E-state index in [0.29, 0.717) is 22.5 Å². The van der Waals surface area contributed by atoms with Crippen molar-refractivity contribution >= 4 is 33.6 Å². The molecular formula is C23H25BrN4O2S. The maximum Gasteiger partial charge on any atom is 0.230 e. The minimum absolute atomic E-state index is 0.0122. The van der Waals surface area contributed by atoms with E-state index in [4.69, 9.17) is 0 Å². The molecule has 31 heavy (non-hydrogen) atoms. The van der Waals surface area contributed by atoms with Gasteiger partial charge in [-0.15, -0.1) is 10.2 Å². The Morgan fingerprint density at radius 3 is 2.74 bits per heavy atom. The Bertz CT molecular complexity index is 1060. The van der Waals surface area contributed by atoms with E-state index in [1.165, 1.54) is 31.0 Å². The number of carbonyl (C=O) groups is 1. The summed E-state index contributed by atoms with van der Waals surface area (Å²) in [5.41, 5.74) is 1.43. The zero-order valence-corrected chi connectivity index (χ0v) is 19.7. The van der Waals surface area contributed by atoms with Crippen molar-refractivity contribution in [1.29, 1.82) is 0 Å². The number of halogens is 1. The molecule has 1 fully saturated rings. The molecule has 1 aliphatic rings. The smallest absolute Gasteiger partial charge is 0.230 e. The molecule has 3 aromatic rings. The molecule has 1 heterocycles. The van der Waals surface area contributed by atoms with Gasteiger partial charge in [0.2, 0.25) is 5.91 Å². The maximum atomic E-state index is 12.6. The quantitative estimate of drug-likeness (QED) is 0.455. The molecule has 0 aliphatic heterocycles. The van der Waals surface area contributed by atoms with Crippen molar-refractivity contribution in [2.75, 3.05) is 5.75 Å². The lowest BCUT2D eigenvalue weighted by Gasteiger charge is -2.29. The van der Waals surface area contributed by atoms with E-state index in [1.807, 2.05) is 41.0 Å². The van der Waals surface area contributed by atoms with E-state index in [1.54, 1.807) is 12.1 Å². The number of nitrogens with one attached hydrogen (secondary N) is 1. The van der Waals surface area contributed by atoms with Gasteiger partial charge >= 0.3 is 0 Å². The summed E-state index contributed by atoms with van der Waals surface area (Å²) in [5, 5.41) is 22.9. The molecular weight excluding hydrogens is 476 g/mol. The second kappa shape index (κ2) is 9.87. The Morgan fingerprint density at radius 1 is 1.19 bits per heavy atom. The van der Waals surface area contributed by atoms with Gasteiger partial charge in [0.25, 0.3) is 0 Å². The number of carbonyl (C=O) groups excluding carboxylic acids is 1. The second-order valence-electron chi connectivity index (χ2n) is 7.86. The van der Waals surface area contributed by atoms with Gasteiger partial charge < -0.3 is 10.4 Å². The summed E-state index contributed by atoms with van der Waals surface area (Å²) in [4.78, 5) is 12.6. The largest absolute Gasteiger partial charge is 0.507 e. The number of phenols is 1. The van der Waals surface area contributed by atoms with Gasteiger partial charge in [-0.3, -0.25) is 9.36 Å². The fourth-order valence-corrected chi connectivity index (χ4v) is 5.07. The van der Waals surface area contributed by atoms with Gasteiger partial charge in [-0.05, 0) is 49.1 Å². The zero-order chi connectivity index (χ0) is 21.8. The highest BCUT2D eigenvalue weighted by atomic mass is 79.9. The molecule has 0 unspecified atom stereocenters. The first-order valence-electron chi connectivity index (χ1n) is 10.4. The van der Waals surface area contributed by atoms with E-state index in [-0.39, 0.29) is 23.5 Å². The van der Waals surface area contributed by atoms with Crippen LogP contribution in [0.15, 0.2) is 58.2 Å². The van der Waals surface area contributed by atoms with Crippen LogP contribution in [0.4, 0.5) is 0 Å². The number of aromatic hydroxyl groups is 1. The Morgan fingerprint density at radius 2 is 1.97 bits per heavy atom. The fraction of sp³-hybridized carbons (Fsp3) is 0.348. The Labute approximate surface area is 194 Å². The number of rotatable bonds is 6. The lowest BCUT2D eigenvalue weighted by atomic mass is 9.86. The van der Waals surface area contributed by atoms with Crippen molar-refractivity contribution < 1.29 is 9.90 Å². The average molecular weight is 501 g/mol. The summed E-state index contributed by atoms with van der Waals surface area (Å²) < 4.78 is 2.71. The van der Waals surface area contributed by atoms with Crippen LogP contribution in [0.3, 0.4) is 0 Å². The van der Waals surface area contributed by atoms with Crippen LogP contribution < -0.4 is 5.32 Å². The van der Waals surface area contributed by atoms with E-state index in [2.05, 4.69) is 38.4 Å². The van der Waals surface area contributed by atoms with E-state index in [9.17, 15) is 9.90 Å². The third-order valence-corrected chi connectivity index (χ3v) is 7.06. The van der Waals surface area contributed by atoms with Crippen LogP contribution in [0.1, 0.15) is 32.6 Å². The Kier molecular flexibility index (Phi) is 6.97. The molecule has 4 rings (SSSR count). The SMILES string of the molecule is C[C@H]1CCCC[C@H]1NC(=O)CSc1nnc(-c2cc(Br)ccc2O)n1-c1ccccc1. The Hall–Kier alpha value is -2.32. The molecule has 1 aliphatic carbocycles. The van der Waals surface area contributed by atoms with Gasteiger partial charge in [-0.2, -0.15) is 0 Å². The predicted molar refractivity (Wildman–Crippen MR) is 126 cm³/mol. The van der Waals surface area contributed by atoms with Crippen LogP contribution >= 0.6 is 27.7 Å². The van der Waals surface area contributed by atoms with Crippen LogP contribution in [-0.2, 0) is 4.79 Å². The van der Waals surface area contributed by atoms with E-state index >= 15 is 0 Å². The Balaban J connectivity index is 1.58. The molecule has 6 nitrogen and oxygen atoms in total. The van der Waals surface area contributed by atoms with Crippen molar-refractivity contribution in [3.8, 4) is 22.8 Å². The van der Waals surface area contributed by atoms with Crippen LogP contribution in [-0.4, -0.2) is 37.6 Å². The summed E-state index contributed by atoms with van der Waals surface area (Å²) in [7, 11) is 0.